The SMILES string of the molecule is COc1ccc(-n2c(S[C@@H](C(=O)NC3CC3)c3ccccc3)nnc2[C@H](C)N2CCCCC2)cc1. The lowest BCUT2D eigenvalue weighted by Crippen LogP contribution is -2.33. The van der Waals surface area contributed by atoms with Crippen LogP contribution in [0.3, 0.4) is 0 Å². The molecule has 8 heteroatoms. The van der Waals surface area contributed by atoms with Gasteiger partial charge in [-0.05, 0) is 75.5 Å². The molecule has 1 saturated heterocycles. The van der Waals surface area contributed by atoms with Crippen molar-refractivity contribution in [2.45, 2.75) is 61.5 Å². The van der Waals surface area contributed by atoms with Gasteiger partial charge in [0.25, 0.3) is 0 Å². The van der Waals surface area contributed by atoms with Crippen molar-refractivity contribution in [2.24, 2.45) is 0 Å². The number of likely N-dealkylation sites (tertiary alicyclic amines) is 1. The lowest BCUT2D eigenvalue weighted by Gasteiger charge is -2.32. The minimum atomic E-state index is -0.406. The van der Waals surface area contributed by atoms with Gasteiger partial charge in [0.05, 0.1) is 13.2 Å². The van der Waals surface area contributed by atoms with E-state index in [-0.39, 0.29) is 11.9 Å². The zero-order valence-corrected chi connectivity index (χ0v) is 21.2. The minimum Gasteiger partial charge on any atom is -0.497 e. The fraction of sp³-hybridized carbons (Fsp3) is 0.444. The van der Waals surface area contributed by atoms with Crippen molar-refractivity contribution in [2.75, 3.05) is 20.2 Å². The van der Waals surface area contributed by atoms with Gasteiger partial charge in [0.15, 0.2) is 11.0 Å². The lowest BCUT2D eigenvalue weighted by atomic mass is 10.1. The molecule has 0 spiro atoms. The van der Waals surface area contributed by atoms with Gasteiger partial charge in [-0.15, -0.1) is 10.2 Å². The molecule has 2 aliphatic rings. The highest BCUT2D eigenvalue weighted by atomic mass is 32.2. The number of nitrogens with one attached hydrogen (secondary N) is 1. The van der Waals surface area contributed by atoms with Gasteiger partial charge in [0.2, 0.25) is 5.91 Å². The Morgan fingerprint density at radius 3 is 2.40 bits per heavy atom. The van der Waals surface area contributed by atoms with Crippen molar-refractivity contribution in [3.8, 4) is 11.4 Å². The highest BCUT2D eigenvalue weighted by Gasteiger charge is 2.32. The molecule has 0 radical (unpaired) electrons. The maximum atomic E-state index is 13.3. The third-order valence-electron chi connectivity index (χ3n) is 6.79. The molecule has 3 aromatic rings. The molecule has 1 aliphatic carbocycles. The van der Waals surface area contributed by atoms with Crippen LogP contribution in [0, 0.1) is 0 Å². The fourth-order valence-corrected chi connectivity index (χ4v) is 5.65. The van der Waals surface area contributed by atoms with Gasteiger partial charge in [0.1, 0.15) is 11.0 Å². The van der Waals surface area contributed by atoms with Crippen LogP contribution >= 0.6 is 11.8 Å². The van der Waals surface area contributed by atoms with Gasteiger partial charge in [-0.1, -0.05) is 48.5 Å². The molecule has 2 aromatic carbocycles. The molecule has 184 valence electrons. The second kappa shape index (κ2) is 10.8. The summed E-state index contributed by atoms with van der Waals surface area (Å²) in [5.74, 6) is 1.72. The highest BCUT2D eigenvalue weighted by molar-refractivity contribution is 8.00. The summed E-state index contributed by atoms with van der Waals surface area (Å²) >= 11 is 1.46. The number of carbonyl (C=O) groups is 1. The molecule has 5 rings (SSSR count). The van der Waals surface area contributed by atoms with Crippen LogP contribution in [0.5, 0.6) is 5.75 Å². The molecule has 1 aromatic heterocycles. The van der Waals surface area contributed by atoms with E-state index in [2.05, 4.69) is 31.9 Å². The van der Waals surface area contributed by atoms with Crippen LogP contribution in [0.2, 0.25) is 0 Å². The van der Waals surface area contributed by atoms with E-state index in [1.54, 1.807) is 7.11 Å². The Morgan fingerprint density at radius 1 is 1.03 bits per heavy atom. The van der Waals surface area contributed by atoms with Crippen LogP contribution in [-0.2, 0) is 4.79 Å². The third-order valence-corrected chi connectivity index (χ3v) is 7.99. The summed E-state index contributed by atoms with van der Waals surface area (Å²) in [7, 11) is 1.67. The predicted molar refractivity (Wildman–Crippen MR) is 138 cm³/mol. The van der Waals surface area contributed by atoms with Crippen molar-refractivity contribution >= 4 is 17.7 Å². The van der Waals surface area contributed by atoms with Crippen LogP contribution < -0.4 is 10.1 Å². The number of amides is 1. The van der Waals surface area contributed by atoms with E-state index >= 15 is 0 Å². The Morgan fingerprint density at radius 2 is 1.74 bits per heavy atom. The Labute approximate surface area is 211 Å². The van der Waals surface area contributed by atoms with Crippen molar-refractivity contribution in [1.29, 1.82) is 0 Å². The van der Waals surface area contributed by atoms with Crippen LogP contribution in [0.25, 0.3) is 5.69 Å². The number of benzene rings is 2. The number of piperidine rings is 1. The smallest absolute Gasteiger partial charge is 0.238 e. The lowest BCUT2D eigenvalue weighted by molar-refractivity contribution is -0.120. The maximum Gasteiger partial charge on any atom is 0.238 e. The summed E-state index contributed by atoms with van der Waals surface area (Å²) in [4.78, 5) is 15.8. The van der Waals surface area contributed by atoms with Crippen molar-refractivity contribution in [3.63, 3.8) is 0 Å². The summed E-state index contributed by atoms with van der Waals surface area (Å²) in [6.07, 6.45) is 5.80. The fourth-order valence-electron chi connectivity index (χ4n) is 4.58. The molecular weight excluding hydrogens is 458 g/mol. The van der Waals surface area contributed by atoms with Gasteiger partial charge >= 0.3 is 0 Å². The molecule has 2 fully saturated rings. The number of nitrogens with zero attached hydrogens (tertiary/aromatic N) is 4. The first-order chi connectivity index (χ1) is 17.1. The largest absolute Gasteiger partial charge is 0.497 e. The van der Waals surface area contributed by atoms with E-state index < -0.39 is 5.25 Å². The minimum absolute atomic E-state index is 0.0265. The van der Waals surface area contributed by atoms with Crippen LogP contribution in [0.1, 0.15) is 61.7 Å². The molecule has 1 amide bonds. The normalized spacial score (nSPS) is 18.1. The highest BCUT2D eigenvalue weighted by Crippen LogP contribution is 2.38. The van der Waals surface area contributed by atoms with Crippen LogP contribution in [0.4, 0.5) is 0 Å². The standard InChI is InChI=1S/C27H33N5O2S/c1-19(31-17-7-4-8-18-31)25-29-30-27(32(25)22-13-15-23(34-2)16-14-22)35-24(20-9-5-3-6-10-20)26(33)28-21-11-12-21/h3,5-6,9-10,13-16,19,21,24H,4,7-8,11-12,17-18H2,1-2H3,(H,28,33)/t19-,24+/m0/s1. The van der Waals surface area contributed by atoms with E-state index in [0.29, 0.717) is 11.2 Å². The number of thioether (sulfide) groups is 1. The second-order valence-corrected chi connectivity index (χ2v) is 10.4. The molecule has 0 unspecified atom stereocenters. The summed E-state index contributed by atoms with van der Waals surface area (Å²) in [6, 6.07) is 18.3. The van der Waals surface area contributed by atoms with E-state index in [1.807, 2.05) is 54.6 Å². The second-order valence-electron chi connectivity index (χ2n) is 9.34. The first kappa shape index (κ1) is 23.9. The number of aromatic nitrogens is 3. The molecule has 35 heavy (non-hydrogen) atoms. The molecule has 1 saturated carbocycles. The number of methoxy groups -OCH3 is 1. The van der Waals surface area contributed by atoms with Crippen LogP contribution in [0.15, 0.2) is 59.8 Å². The van der Waals surface area contributed by atoms with Crippen molar-refractivity contribution < 1.29 is 9.53 Å². The molecule has 2 heterocycles. The summed E-state index contributed by atoms with van der Waals surface area (Å²) < 4.78 is 7.49. The maximum absolute atomic E-state index is 13.3. The molecule has 2 atom stereocenters. The Kier molecular flexibility index (Phi) is 7.39. The Bertz CT molecular complexity index is 1120. The summed E-state index contributed by atoms with van der Waals surface area (Å²) in [5.41, 5.74) is 1.93. The van der Waals surface area contributed by atoms with Crippen molar-refractivity contribution in [1.82, 2.24) is 25.0 Å². The van der Waals surface area contributed by atoms with Gasteiger partial charge in [0, 0.05) is 11.7 Å². The van der Waals surface area contributed by atoms with Gasteiger partial charge in [-0.25, -0.2) is 0 Å². The molecule has 7 nitrogen and oxygen atoms in total. The monoisotopic (exact) mass is 491 g/mol. The number of rotatable bonds is 9. The topological polar surface area (TPSA) is 72.3 Å². The number of ether oxygens (including phenoxy) is 1. The first-order valence-corrected chi connectivity index (χ1v) is 13.4. The molecular formula is C27H33N5O2S. The molecule has 1 N–H and O–H groups in total. The number of hydrogen-bond acceptors (Lipinski definition) is 6. The van der Waals surface area contributed by atoms with Crippen LogP contribution in [-0.4, -0.2) is 51.8 Å². The quantitative estimate of drug-likeness (QED) is 0.428. The van der Waals surface area contributed by atoms with Gasteiger partial charge in [-0.2, -0.15) is 0 Å². The molecule has 1 aliphatic heterocycles. The van der Waals surface area contributed by atoms with Gasteiger partial charge in [-0.3, -0.25) is 14.3 Å². The Hall–Kier alpha value is -2.84. The van der Waals surface area contributed by atoms with Gasteiger partial charge < -0.3 is 10.1 Å². The van der Waals surface area contributed by atoms with E-state index in [4.69, 9.17) is 4.74 Å². The zero-order chi connectivity index (χ0) is 24.2. The molecule has 0 bridgehead atoms. The zero-order valence-electron chi connectivity index (χ0n) is 20.4. The average Bonchev–Trinajstić information content (AvgIpc) is 3.63. The van der Waals surface area contributed by atoms with E-state index in [0.717, 1.165) is 48.8 Å². The summed E-state index contributed by atoms with van der Waals surface area (Å²) in [6.45, 7) is 4.34. The van der Waals surface area contributed by atoms with Crippen molar-refractivity contribution in [3.05, 3.63) is 66.0 Å². The first-order valence-electron chi connectivity index (χ1n) is 12.5. The number of hydrogen-bond donors (Lipinski definition) is 1. The third kappa shape index (κ3) is 5.54. The summed E-state index contributed by atoms with van der Waals surface area (Å²) in [5, 5.41) is 12.8. The average molecular weight is 492 g/mol. The van der Waals surface area contributed by atoms with E-state index in [9.17, 15) is 4.79 Å². The van der Waals surface area contributed by atoms with E-state index in [1.165, 1.54) is 31.0 Å². The predicted octanol–water partition coefficient (Wildman–Crippen LogP) is 4.93. The number of carbonyl (C=O) groups excluding carboxylic acids is 1. The Balaban J connectivity index is 1.52.